The Kier molecular flexibility index (Phi) is 5.42. The molecule has 2 unspecified atom stereocenters. The summed E-state index contributed by atoms with van der Waals surface area (Å²) in [6.07, 6.45) is 2.82. The van der Waals surface area contributed by atoms with E-state index in [2.05, 4.69) is 30.7 Å². The molecular formula is C18H30N2O3. The van der Waals surface area contributed by atoms with Gasteiger partial charge >= 0.3 is 0 Å². The topological polar surface area (TPSA) is 38.1 Å². The predicted octanol–water partition coefficient (Wildman–Crippen LogP) is 2.23. The van der Waals surface area contributed by atoms with Gasteiger partial charge in [-0.2, -0.15) is 0 Å². The maximum Gasteiger partial charge on any atom is 0.117 e. The van der Waals surface area contributed by atoms with Crippen LogP contribution in [0.2, 0.25) is 0 Å². The molecule has 1 aromatic rings. The Bertz CT molecular complexity index is 477. The van der Waals surface area contributed by atoms with Crippen LogP contribution in [0.25, 0.3) is 0 Å². The molecule has 0 radical (unpaired) electrons. The molecule has 23 heavy (non-hydrogen) atoms. The van der Waals surface area contributed by atoms with Gasteiger partial charge < -0.3 is 18.8 Å². The van der Waals surface area contributed by atoms with Crippen LogP contribution in [0.15, 0.2) is 22.8 Å². The zero-order chi connectivity index (χ0) is 16.3. The van der Waals surface area contributed by atoms with Gasteiger partial charge in [-0.15, -0.1) is 0 Å². The zero-order valence-corrected chi connectivity index (χ0v) is 14.7. The highest BCUT2D eigenvalue weighted by Crippen LogP contribution is 2.33. The SMILES string of the molecule is CC(C)N(C)CC1COC2(COCCN(Cc3ccco3)C2)C1. The monoisotopic (exact) mass is 322 g/mol. The molecule has 2 aliphatic rings. The van der Waals surface area contributed by atoms with Crippen molar-refractivity contribution in [1.29, 1.82) is 0 Å². The number of furan rings is 1. The first kappa shape index (κ1) is 17.0. The summed E-state index contributed by atoms with van der Waals surface area (Å²) in [5.74, 6) is 1.60. The first-order valence-electron chi connectivity index (χ1n) is 8.73. The van der Waals surface area contributed by atoms with Crippen LogP contribution in [-0.2, 0) is 16.0 Å². The molecule has 0 aromatic carbocycles. The normalized spacial score (nSPS) is 29.7. The molecule has 1 aromatic heterocycles. The number of ether oxygens (including phenoxy) is 2. The van der Waals surface area contributed by atoms with Crippen LogP contribution in [0.4, 0.5) is 0 Å². The van der Waals surface area contributed by atoms with Gasteiger partial charge in [0.15, 0.2) is 0 Å². The summed E-state index contributed by atoms with van der Waals surface area (Å²) in [7, 11) is 2.20. The minimum absolute atomic E-state index is 0.147. The van der Waals surface area contributed by atoms with Crippen molar-refractivity contribution >= 4 is 0 Å². The van der Waals surface area contributed by atoms with Gasteiger partial charge in [0.25, 0.3) is 0 Å². The fourth-order valence-corrected chi connectivity index (χ4v) is 3.63. The molecule has 0 bridgehead atoms. The molecule has 3 rings (SSSR count). The van der Waals surface area contributed by atoms with Gasteiger partial charge in [0, 0.05) is 25.7 Å². The van der Waals surface area contributed by atoms with Crippen molar-refractivity contribution in [2.24, 2.45) is 5.92 Å². The number of rotatable bonds is 5. The molecule has 2 fully saturated rings. The van der Waals surface area contributed by atoms with Gasteiger partial charge in [0.2, 0.25) is 0 Å². The summed E-state index contributed by atoms with van der Waals surface area (Å²) in [4.78, 5) is 4.81. The van der Waals surface area contributed by atoms with Crippen LogP contribution in [0, 0.1) is 5.92 Å². The summed E-state index contributed by atoms with van der Waals surface area (Å²) in [6.45, 7) is 10.6. The van der Waals surface area contributed by atoms with Gasteiger partial charge in [-0.25, -0.2) is 0 Å². The van der Waals surface area contributed by atoms with E-state index in [4.69, 9.17) is 13.9 Å². The smallest absolute Gasteiger partial charge is 0.117 e. The van der Waals surface area contributed by atoms with Gasteiger partial charge in [-0.05, 0) is 45.4 Å². The Morgan fingerprint density at radius 3 is 3.04 bits per heavy atom. The Balaban J connectivity index is 1.59. The first-order valence-corrected chi connectivity index (χ1v) is 8.73. The van der Waals surface area contributed by atoms with Crippen LogP contribution in [0.1, 0.15) is 26.0 Å². The lowest BCUT2D eigenvalue weighted by atomic mass is 9.93. The Morgan fingerprint density at radius 2 is 2.30 bits per heavy atom. The molecule has 5 heteroatoms. The average Bonchev–Trinajstić information content (AvgIpc) is 3.09. The molecule has 2 atom stereocenters. The van der Waals surface area contributed by atoms with E-state index in [9.17, 15) is 0 Å². The van der Waals surface area contributed by atoms with E-state index < -0.39 is 0 Å². The quantitative estimate of drug-likeness (QED) is 0.831. The molecule has 0 amide bonds. The van der Waals surface area contributed by atoms with Crippen molar-refractivity contribution < 1.29 is 13.9 Å². The summed E-state index contributed by atoms with van der Waals surface area (Å²) in [6, 6.07) is 4.56. The van der Waals surface area contributed by atoms with Crippen molar-refractivity contribution in [3.05, 3.63) is 24.2 Å². The van der Waals surface area contributed by atoms with E-state index in [0.717, 1.165) is 51.6 Å². The van der Waals surface area contributed by atoms with Crippen LogP contribution in [0.3, 0.4) is 0 Å². The Hall–Kier alpha value is -0.880. The first-order chi connectivity index (χ1) is 11.1. The molecular weight excluding hydrogens is 292 g/mol. The van der Waals surface area contributed by atoms with E-state index in [-0.39, 0.29) is 5.60 Å². The second kappa shape index (κ2) is 7.34. The highest BCUT2D eigenvalue weighted by Gasteiger charge is 2.43. The van der Waals surface area contributed by atoms with E-state index in [1.165, 1.54) is 0 Å². The second-order valence-corrected chi connectivity index (χ2v) is 7.44. The second-order valence-electron chi connectivity index (χ2n) is 7.44. The molecule has 130 valence electrons. The van der Waals surface area contributed by atoms with Crippen LogP contribution < -0.4 is 0 Å². The van der Waals surface area contributed by atoms with Crippen molar-refractivity contribution in [2.75, 3.05) is 46.5 Å². The number of hydrogen-bond acceptors (Lipinski definition) is 5. The van der Waals surface area contributed by atoms with Gasteiger partial charge in [0.1, 0.15) is 11.4 Å². The van der Waals surface area contributed by atoms with E-state index in [0.29, 0.717) is 18.6 Å². The van der Waals surface area contributed by atoms with Crippen LogP contribution in [0.5, 0.6) is 0 Å². The van der Waals surface area contributed by atoms with E-state index >= 15 is 0 Å². The molecule has 0 saturated carbocycles. The lowest BCUT2D eigenvalue weighted by Gasteiger charge is -2.31. The molecule has 0 N–H and O–H groups in total. The summed E-state index contributed by atoms with van der Waals surface area (Å²) in [5, 5.41) is 0. The van der Waals surface area contributed by atoms with Gasteiger partial charge in [-0.3, -0.25) is 4.90 Å². The Labute approximate surface area is 139 Å². The summed E-state index contributed by atoms with van der Waals surface area (Å²) >= 11 is 0. The molecule has 3 heterocycles. The third-order valence-electron chi connectivity index (χ3n) is 5.10. The molecule has 2 aliphatic heterocycles. The minimum Gasteiger partial charge on any atom is -0.468 e. The maximum absolute atomic E-state index is 6.28. The summed E-state index contributed by atoms with van der Waals surface area (Å²) < 4.78 is 17.6. The van der Waals surface area contributed by atoms with E-state index in [1.54, 1.807) is 6.26 Å². The third-order valence-corrected chi connectivity index (χ3v) is 5.10. The van der Waals surface area contributed by atoms with Crippen molar-refractivity contribution in [2.45, 2.75) is 38.5 Å². The van der Waals surface area contributed by atoms with Gasteiger partial charge in [0.05, 0.1) is 32.6 Å². The van der Waals surface area contributed by atoms with Gasteiger partial charge in [-0.1, -0.05) is 0 Å². The molecule has 5 nitrogen and oxygen atoms in total. The standard InChI is InChI=1S/C18H30N2O3/c1-15(2)19(3)10-16-9-18(23-12-16)13-20(6-8-21-14-18)11-17-5-4-7-22-17/h4-5,7,15-16H,6,8-14H2,1-3H3. The predicted molar refractivity (Wildman–Crippen MR) is 89.4 cm³/mol. The Morgan fingerprint density at radius 1 is 1.43 bits per heavy atom. The lowest BCUT2D eigenvalue weighted by Crippen LogP contribution is -2.44. The molecule has 2 saturated heterocycles. The van der Waals surface area contributed by atoms with Crippen LogP contribution in [-0.4, -0.2) is 67.9 Å². The fourth-order valence-electron chi connectivity index (χ4n) is 3.63. The maximum atomic E-state index is 6.28. The minimum atomic E-state index is -0.147. The fraction of sp³-hybridized carbons (Fsp3) is 0.778. The molecule has 1 spiro atoms. The van der Waals surface area contributed by atoms with E-state index in [1.807, 2.05) is 12.1 Å². The van der Waals surface area contributed by atoms with Crippen molar-refractivity contribution in [1.82, 2.24) is 9.80 Å². The number of nitrogens with zero attached hydrogens (tertiary/aromatic N) is 2. The van der Waals surface area contributed by atoms with Crippen molar-refractivity contribution in [3.8, 4) is 0 Å². The zero-order valence-electron chi connectivity index (χ0n) is 14.7. The summed E-state index contributed by atoms with van der Waals surface area (Å²) in [5.41, 5.74) is -0.147. The lowest BCUT2D eigenvalue weighted by molar-refractivity contribution is -0.0566. The van der Waals surface area contributed by atoms with Crippen LogP contribution >= 0.6 is 0 Å². The molecule has 0 aliphatic carbocycles. The highest BCUT2D eigenvalue weighted by atomic mass is 16.5. The third kappa shape index (κ3) is 4.35. The highest BCUT2D eigenvalue weighted by molar-refractivity contribution is 5.00. The number of hydrogen-bond donors (Lipinski definition) is 0. The largest absolute Gasteiger partial charge is 0.468 e. The average molecular weight is 322 g/mol. The van der Waals surface area contributed by atoms with Crippen molar-refractivity contribution in [3.63, 3.8) is 0 Å².